The zero-order valence-corrected chi connectivity index (χ0v) is 12.5. The van der Waals surface area contributed by atoms with E-state index in [1.807, 2.05) is 0 Å². The third-order valence-electron chi connectivity index (χ3n) is 4.91. The largest absolute Gasteiger partial charge is 0.314 e. The third-order valence-corrected chi connectivity index (χ3v) is 4.91. The van der Waals surface area contributed by atoms with Crippen molar-refractivity contribution < 1.29 is 0 Å². The number of nitrogens with one attached hydrogen (secondary N) is 1. The van der Waals surface area contributed by atoms with Gasteiger partial charge in [0.15, 0.2) is 0 Å². The van der Waals surface area contributed by atoms with E-state index in [9.17, 15) is 0 Å². The van der Waals surface area contributed by atoms with Crippen molar-refractivity contribution in [1.29, 1.82) is 0 Å². The molecular weight excluding hydrogens is 222 g/mol. The van der Waals surface area contributed by atoms with Gasteiger partial charge in [0.05, 0.1) is 0 Å². The van der Waals surface area contributed by atoms with Crippen LogP contribution in [0.15, 0.2) is 0 Å². The van der Waals surface area contributed by atoms with Crippen LogP contribution in [0.2, 0.25) is 0 Å². The molecule has 2 fully saturated rings. The van der Waals surface area contributed by atoms with Crippen LogP contribution >= 0.6 is 0 Å². The smallest absolute Gasteiger partial charge is 0.0133 e. The summed E-state index contributed by atoms with van der Waals surface area (Å²) in [6.45, 7) is 3.80. The van der Waals surface area contributed by atoms with Crippen molar-refractivity contribution in [3.05, 3.63) is 0 Å². The SMILES string of the molecule is CN1CCC(C(CC2CCCCN2)N(C)C)CC1. The van der Waals surface area contributed by atoms with Crippen molar-refractivity contribution in [3.63, 3.8) is 0 Å². The van der Waals surface area contributed by atoms with Crippen LogP contribution in [0, 0.1) is 5.92 Å². The second-order valence-electron chi connectivity index (χ2n) is 6.55. The van der Waals surface area contributed by atoms with Gasteiger partial charge in [-0.3, -0.25) is 0 Å². The van der Waals surface area contributed by atoms with Crippen LogP contribution in [0.25, 0.3) is 0 Å². The Labute approximate surface area is 113 Å². The Morgan fingerprint density at radius 2 is 1.89 bits per heavy atom. The molecule has 2 aliphatic rings. The minimum absolute atomic E-state index is 0.769. The minimum Gasteiger partial charge on any atom is -0.314 e. The second-order valence-corrected chi connectivity index (χ2v) is 6.55. The van der Waals surface area contributed by atoms with E-state index in [0.29, 0.717) is 0 Å². The normalized spacial score (nSPS) is 29.7. The lowest BCUT2D eigenvalue weighted by Gasteiger charge is -2.40. The van der Waals surface area contributed by atoms with Gasteiger partial charge < -0.3 is 15.1 Å². The Bertz CT molecular complexity index is 228. The zero-order chi connectivity index (χ0) is 13.0. The van der Waals surface area contributed by atoms with E-state index < -0.39 is 0 Å². The molecule has 3 nitrogen and oxygen atoms in total. The van der Waals surface area contributed by atoms with Gasteiger partial charge in [0.25, 0.3) is 0 Å². The molecule has 2 unspecified atom stereocenters. The van der Waals surface area contributed by atoms with Crippen LogP contribution in [0.4, 0.5) is 0 Å². The van der Waals surface area contributed by atoms with Gasteiger partial charge in [-0.2, -0.15) is 0 Å². The van der Waals surface area contributed by atoms with Gasteiger partial charge in [-0.15, -0.1) is 0 Å². The molecule has 2 heterocycles. The highest BCUT2D eigenvalue weighted by atomic mass is 15.1. The summed E-state index contributed by atoms with van der Waals surface area (Å²) >= 11 is 0. The predicted molar refractivity (Wildman–Crippen MR) is 78.0 cm³/mol. The lowest BCUT2D eigenvalue weighted by molar-refractivity contribution is 0.113. The summed E-state index contributed by atoms with van der Waals surface area (Å²) in [4.78, 5) is 4.95. The summed E-state index contributed by atoms with van der Waals surface area (Å²) in [5.74, 6) is 0.903. The van der Waals surface area contributed by atoms with Gasteiger partial charge in [-0.1, -0.05) is 6.42 Å². The summed E-state index contributed by atoms with van der Waals surface area (Å²) in [5, 5.41) is 3.72. The molecule has 2 saturated heterocycles. The quantitative estimate of drug-likeness (QED) is 0.824. The van der Waals surface area contributed by atoms with Crippen molar-refractivity contribution in [3.8, 4) is 0 Å². The molecule has 0 saturated carbocycles. The van der Waals surface area contributed by atoms with Gasteiger partial charge in [-0.05, 0) is 78.8 Å². The van der Waals surface area contributed by atoms with Gasteiger partial charge in [0, 0.05) is 12.1 Å². The van der Waals surface area contributed by atoms with Crippen molar-refractivity contribution in [2.75, 3.05) is 40.8 Å². The minimum atomic E-state index is 0.769. The molecule has 0 spiro atoms. The lowest BCUT2D eigenvalue weighted by Crippen LogP contribution is -2.46. The second kappa shape index (κ2) is 6.88. The molecule has 3 heteroatoms. The number of likely N-dealkylation sites (tertiary alicyclic amines) is 1. The predicted octanol–water partition coefficient (Wildman–Crippen LogP) is 1.79. The highest BCUT2D eigenvalue weighted by molar-refractivity contribution is 4.86. The summed E-state index contributed by atoms with van der Waals surface area (Å²) in [6, 6.07) is 1.54. The maximum Gasteiger partial charge on any atom is 0.0133 e. The molecule has 0 bridgehead atoms. The van der Waals surface area contributed by atoms with Crippen molar-refractivity contribution in [1.82, 2.24) is 15.1 Å². The maximum atomic E-state index is 3.72. The van der Waals surface area contributed by atoms with Crippen LogP contribution < -0.4 is 5.32 Å². The average Bonchev–Trinajstić information content (AvgIpc) is 2.38. The number of hydrogen-bond acceptors (Lipinski definition) is 3. The molecule has 2 atom stereocenters. The van der Waals surface area contributed by atoms with E-state index >= 15 is 0 Å². The van der Waals surface area contributed by atoms with Crippen LogP contribution in [-0.2, 0) is 0 Å². The molecule has 0 aromatic carbocycles. The Morgan fingerprint density at radius 1 is 1.17 bits per heavy atom. The summed E-state index contributed by atoms with van der Waals surface area (Å²) in [7, 11) is 6.79. The highest BCUT2D eigenvalue weighted by Gasteiger charge is 2.29. The Morgan fingerprint density at radius 3 is 2.44 bits per heavy atom. The first-order chi connectivity index (χ1) is 8.66. The maximum absolute atomic E-state index is 3.72. The molecule has 2 rings (SSSR count). The van der Waals surface area contributed by atoms with Crippen molar-refractivity contribution in [2.45, 2.75) is 50.6 Å². The van der Waals surface area contributed by atoms with Gasteiger partial charge in [-0.25, -0.2) is 0 Å². The van der Waals surface area contributed by atoms with Crippen LogP contribution in [-0.4, -0.2) is 62.7 Å². The molecular formula is C15H31N3. The van der Waals surface area contributed by atoms with Crippen LogP contribution in [0.5, 0.6) is 0 Å². The fraction of sp³-hybridized carbons (Fsp3) is 1.00. The fourth-order valence-corrected chi connectivity index (χ4v) is 3.65. The fourth-order valence-electron chi connectivity index (χ4n) is 3.65. The third kappa shape index (κ3) is 3.94. The first-order valence-electron chi connectivity index (χ1n) is 7.75. The molecule has 2 aliphatic heterocycles. The van der Waals surface area contributed by atoms with E-state index in [1.54, 1.807) is 0 Å². The Balaban J connectivity index is 1.86. The lowest BCUT2D eigenvalue weighted by atomic mass is 9.84. The molecule has 0 aromatic rings. The summed E-state index contributed by atoms with van der Waals surface area (Å²) < 4.78 is 0. The Kier molecular flexibility index (Phi) is 5.46. The van der Waals surface area contributed by atoms with E-state index in [2.05, 4.69) is 36.3 Å². The van der Waals surface area contributed by atoms with E-state index in [-0.39, 0.29) is 0 Å². The van der Waals surface area contributed by atoms with E-state index in [4.69, 9.17) is 0 Å². The number of piperidine rings is 2. The molecule has 1 N–H and O–H groups in total. The van der Waals surface area contributed by atoms with Crippen molar-refractivity contribution in [2.24, 2.45) is 5.92 Å². The first-order valence-corrected chi connectivity index (χ1v) is 7.75. The average molecular weight is 253 g/mol. The first kappa shape index (κ1) is 14.3. The van der Waals surface area contributed by atoms with Crippen LogP contribution in [0.3, 0.4) is 0 Å². The van der Waals surface area contributed by atoms with Crippen molar-refractivity contribution >= 4 is 0 Å². The monoisotopic (exact) mass is 253 g/mol. The zero-order valence-electron chi connectivity index (χ0n) is 12.5. The molecule has 106 valence electrons. The highest BCUT2D eigenvalue weighted by Crippen LogP contribution is 2.27. The van der Waals surface area contributed by atoms with E-state index in [1.165, 1.54) is 58.2 Å². The number of hydrogen-bond donors (Lipinski definition) is 1. The number of rotatable bonds is 4. The Hall–Kier alpha value is -0.120. The summed E-state index contributed by atoms with van der Waals surface area (Å²) in [6.07, 6.45) is 8.29. The number of nitrogens with zero attached hydrogens (tertiary/aromatic N) is 2. The van der Waals surface area contributed by atoms with E-state index in [0.717, 1.165) is 18.0 Å². The van der Waals surface area contributed by atoms with Crippen LogP contribution in [0.1, 0.15) is 38.5 Å². The van der Waals surface area contributed by atoms with Gasteiger partial charge in [0.2, 0.25) is 0 Å². The topological polar surface area (TPSA) is 18.5 Å². The van der Waals surface area contributed by atoms with Gasteiger partial charge >= 0.3 is 0 Å². The molecule has 0 aromatic heterocycles. The molecule has 0 amide bonds. The molecule has 18 heavy (non-hydrogen) atoms. The standard InChI is InChI=1S/C15H31N3/c1-17(2)15(12-14-6-4-5-9-16-14)13-7-10-18(3)11-8-13/h13-16H,4-12H2,1-3H3. The molecule has 0 radical (unpaired) electrons. The summed E-state index contributed by atoms with van der Waals surface area (Å²) in [5.41, 5.74) is 0. The molecule has 0 aliphatic carbocycles. The van der Waals surface area contributed by atoms with Gasteiger partial charge in [0.1, 0.15) is 0 Å².